The van der Waals surface area contributed by atoms with Crippen LogP contribution in [-0.2, 0) is 4.74 Å². The molecule has 0 bridgehead atoms. The van der Waals surface area contributed by atoms with E-state index in [4.69, 9.17) is 16.3 Å². The highest BCUT2D eigenvalue weighted by Gasteiger charge is 2.22. The molecule has 0 fully saturated rings. The van der Waals surface area contributed by atoms with Crippen LogP contribution in [0.5, 0.6) is 0 Å². The van der Waals surface area contributed by atoms with Crippen molar-refractivity contribution in [1.82, 2.24) is 20.7 Å². The second-order valence-electron chi connectivity index (χ2n) is 4.33. The molecule has 7 heteroatoms. The van der Waals surface area contributed by atoms with E-state index >= 15 is 0 Å². The molecule has 0 radical (unpaired) electrons. The summed E-state index contributed by atoms with van der Waals surface area (Å²) in [6.45, 7) is 1.86. The second-order valence-corrected chi connectivity index (χ2v) is 4.76. The minimum Gasteiger partial charge on any atom is -0.375 e. The van der Waals surface area contributed by atoms with Crippen molar-refractivity contribution < 1.29 is 9.53 Å². The number of hydrogen-bond donors (Lipinski definition) is 2. The van der Waals surface area contributed by atoms with Crippen LogP contribution < -0.4 is 5.32 Å². The third-order valence-electron chi connectivity index (χ3n) is 2.91. The summed E-state index contributed by atoms with van der Waals surface area (Å²) < 4.78 is 5.45. The molecular weight excluding hydrogens is 280 g/mol. The van der Waals surface area contributed by atoms with E-state index in [2.05, 4.69) is 20.7 Å². The SMILES string of the molecule is COC(c1ccc(Cl)cc1)C(C)NC(=O)c1cn[nH]n1. The van der Waals surface area contributed by atoms with Crippen LogP contribution >= 0.6 is 11.6 Å². The molecule has 2 N–H and O–H groups in total. The zero-order chi connectivity index (χ0) is 14.5. The number of methoxy groups -OCH3 is 1. The number of ether oxygens (including phenoxy) is 1. The average Bonchev–Trinajstić information content (AvgIpc) is 2.96. The quantitative estimate of drug-likeness (QED) is 0.883. The van der Waals surface area contributed by atoms with Crippen LogP contribution in [0.25, 0.3) is 0 Å². The maximum Gasteiger partial charge on any atom is 0.273 e. The molecule has 0 aliphatic heterocycles. The Balaban J connectivity index is 2.07. The normalized spacial score (nSPS) is 13.8. The number of rotatable bonds is 5. The number of amides is 1. The molecule has 106 valence electrons. The summed E-state index contributed by atoms with van der Waals surface area (Å²) in [5.41, 5.74) is 1.17. The molecule has 0 saturated carbocycles. The fraction of sp³-hybridized carbons (Fsp3) is 0.308. The molecule has 1 aromatic carbocycles. The first kappa shape index (κ1) is 14.5. The fourth-order valence-corrected chi connectivity index (χ4v) is 2.07. The van der Waals surface area contributed by atoms with Crippen molar-refractivity contribution in [1.29, 1.82) is 0 Å². The summed E-state index contributed by atoms with van der Waals surface area (Å²) in [5, 5.41) is 13.2. The third kappa shape index (κ3) is 3.34. The number of halogens is 1. The molecule has 20 heavy (non-hydrogen) atoms. The first-order chi connectivity index (χ1) is 9.61. The molecule has 0 aliphatic carbocycles. The molecule has 1 amide bonds. The van der Waals surface area contributed by atoms with Crippen molar-refractivity contribution in [3.8, 4) is 0 Å². The molecule has 0 saturated heterocycles. The third-order valence-corrected chi connectivity index (χ3v) is 3.16. The van der Waals surface area contributed by atoms with E-state index in [-0.39, 0.29) is 23.7 Å². The van der Waals surface area contributed by atoms with Crippen molar-refractivity contribution in [2.24, 2.45) is 0 Å². The van der Waals surface area contributed by atoms with Gasteiger partial charge >= 0.3 is 0 Å². The van der Waals surface area contributed by atoms with Crippen LogP contribution in [0.3, 0.4) is 0 Å². The zero-order valence-corrected chi connectivity index (χ0v) is 11.9. The Hall–Kier alpha value is -1.92. The summed E-state index contributed by atoms with van der Waals surface area (Å²) in [4.78, 5) is 11.9. The predicted molar refractivity (Wildman–Crippen MR) is 74.5 cm³/mol. The molecule has 1 heterocycles. The van der Waals surface area contributed by atoms with Gasteiger partial charge in [-0.15, -0.1) is 0 Å². The van der Waals surface area contributed by atoms with Crippen molar-refractivity contribution in [3.05, 3.63) is 46.7 Å². The van der Waals surface area contributed by atoms with Gasteiger partial charge in [-0.05, 0) is 24.6 Å². The smallest absolute Gasteiger partial charge is 0.273 e. The van der Waals surface area contributed by atoms with Crippen LogP contribution in [0.4, 0.5) is 0 Å². The highest BCUT2D eigenvalue weighted by molar-refractivity contribution is 6.30. The Bertz CT molecular complexity index is 556. The number of aromatic nitrogens is 3. The van der Waals surface area contributed by atoms with E-state index in [0.29, 0.717) is 5.02 Å². The first-order valence-corrected chi connectivity index (χ1v) is 6.44. The van der Waals surface area contributed by atoms with Gasteiger partial charge in [0, 0.05) is 12.1 Å². The first-order valence-electron chi connectivity index (χ1n) is 6.06. The monoisotopic (exact) mass is 294 g/mol. The van der Waals surface area contributed by atoms with Crippen molar-refractivity contribution in [3.63, 3.8) is 0 Å². The minimum atomic E-state index is -0.303. The average molecular weight is 295 g/mol. The highest BCUT2D eigenvalue weighted by atomic mass is 35.5. The van der Waals surface area contributed by atoms with Gasteiger partial charge in [-0.25, -0.2) is 0 Å². The molecule has 0 aliphatic rings. The topological polar surface area (TPSA) is 79.9 Å². The van der Waals surface area contributed by atoms with Gasteiger partial charge in [0.05, 0.1) is 12.2 Å². The van der Waals surface area contributed by atoms with Gasteiger partial charge in [0.2, 0.25) is 0 Å². The van der Waals surface area contributed by atoms with Gasteiger partial charge in [-0.3, -0.25) is 4.79 Å². The lowest BCUT2D eigenvalue weighted by Crippen LogP contribution is -2.38. The number of carbonyl (C=O) groups is 1. The van der Waals surface area contributed by atoms with Crippen LogP contribution in [0.2, 0.25) is 5.02 Å². The molecule has 2 aromatic rings. The lowest BCUT2D eigenvalue weighted by molar-refractivity contribution is 0.0642. The Morgan fingerprint density at radius 1 is 1.40 bits per heavy atom. The van der Waals surface area contributed by atoms with Gasteiger partial charge < -0.3 is 10.1 Å². The summed E-state index contributed by atoms with van der Waals surface area (Å²) in [6.07, 6.45) is 1.09. The summed E-state index contributed by atoms with van der Waals surface area (Å²) in [7, 11) is 1.60. The summed E-state index contributed by atoms with van der Waals surface area (Å²) in [5.74, 6) is -0.303. The number of hydrogen-bond acceptors (Lipinski definition) is 4. The van der Waals surface area contributed by atoms with Crippen LogP contribution in [0, 0.1) is 0 Å². The minimum absolute atomic E-state index is 0.231. The van der Waals surface area contributed by atoms with E-state index in [1.807, 2.05) is 19.1 Å². The van der Waals surface area contributed by atoms with Crippen molar-refractivity contribution >= 4 is 17.5 Å². The number of nitrogens with zero attached hydrogens (tertiary/aromatic N) is 2. The zero-order valence-electron chi connectivity index (χ0n) is 11.1. The molecular formula is C13H15ClN4O2. The Morgan fingerprint density at radius 2 is 2.10 bits per heavy atom. The van der Waals surface area contributed by atoms with Gasteiger partial charge in [0.25, 0.3) is 5.91 Å². The van der Waals surface area contributed by atoms with Crippen LogP contribution in [0.1, 0.15) is 29.1 Å². The Labute approximate surface area is 121 Å². The van der Waals surface area contributed by atoms with E-state index in [1.54, 1.807) is 19.2 Å². The lowest BCUT2D eigenvalue weighted by Gasteiger charge is -2.23. The van der Waals surface area contributed by atoms with Gasteiger partial charge in [0.1, 0.15) is 6.10 Å². The molecule has 6 nitrogen and oxygen atoms in total. The van der Waals surface area contributed by atoms with E-state index in [1.165, 1.54) is 6.20 Å². The number of carbonyl (C=O) groups excluding carboxylic acids is 1. The number of aromatic amines is 1. The Kier molecular flexibility index (Phi) is 4.70. The fourth-order valence-electron chi connectivity index (χ4n) is 1.95. The van der Waals surface area contributed by atoms with Crippen LogP contribution in [0.15, 0.2) is 30.5 Å². The maximum absolute atomic E-state index is 11.9. The molecule has 2 atom stereocenters. The van der Waals surface area contributed by atoms with E-state index < -0.39 is 0 Å². The number of H-pyrrole nitrogens is 1. The van der Waals surface area contributed by atoms with Crippen LogP contribution in [-0.4, -0.2) is 34.5 Å². The predicted octanol–water partition coefficient (Wildman–Crippen LogP) is 1.96. The van der Waals surface area contributed by atoms with Crippen molar-refractivity contribution in [2.45, 2.75) is 19.1 Å². The van der Waals surface area contributed by atoms with Gasteiger partial charge in [-0.1, -0.05) is 23.7 Å². The molecule has 0 spiro atoms. The van der Waals surface area contributed by atoms with E-state index in [9.17, 15) is 4.79 Å². The highest BCUT2D eigenvalue weighted by Crippen LogP contribution is 2.22. The standard InChI is InChI=1S/C13H15ClN4O2/c1-8(16-13(19)11-7-15-18-17-11)12(20-2)9-3-5-10(14)6-4-9/h3-8,12H,1-2H3,(H,16,19)(H,15,17,18). The molecule has 1 aromatic heterocycles. The van der Waals surface area contributed by atoms with Crippen molar-refractivity contribution in [2.75, 3.05) is 7.11 Å². The second kappa shape index (κ2) is 6.49. The molecule has 2 unspecified atom stereocenters. The van der Waals surface area contributed by atoms with E-state index in [0.717, 1.165) is 5.56 Å². The molecule has 2 rings (SSSR count). The summed E-state index contributed by atoms with van der Waals surface area (Å²) in [6, 6.07) is 7.08. The largest absolute Gasteiger partial charge is 0.375 e. The Morgan fingerprint density at radius 3 is 2.65 bits per heavy atom. The lowest BCUT2D eigenvalue weighted by atomic mass is 10.0. The van der Waals surface area contributed by atoms with Gasteiger partial charge in [0.15, 0.2) is 5.69 Å². The number of nitrogens with one attached hydrogen (secondary N) is 2. The summed E-state index contributed by atoms with van der Waals surface area (Å²) >= 11 is 5.86. The van der Waals surface area contributed by atoms with Gasteiger partial charge in [-0.2, -0.15) is 15.4 Å². The number of benzene rings is 1. The maximum atomic E-state index is 11.9.